The predicted molar refractivity (Wildman–Crippen MR) is 243 cm³/mol. The molecule has 0 aliphatic carbocycles. The topological polar surface area (TPSA) is 132 Å². The molecule has 0 spiro atoms. The molecule has 2 N–H and O–H groups in total. The van der Waals surface area contributed by atoms with E-state index in [0.717, 1.165) is 105 Å². The normalized spacial score (nSPS) is 16.0. The highest BCUT2D eigenvalue weighted by Crippen LogP contribution is 2.37. The number of nitrogens with zero attached hydrogens (tertiary/aromatic N) is 7. The van der Waals surface area contributed by atoms with Crippen LogP contribution in [0.2, 0.25) is 5.02 Å². The third kappa shape index (κ3) is 9.30. The number of fused-ring (bicyclic) bond motifs is 4. The summed E-state index contributed by atoms with van der Waals surface area (Å²) in [6, 6.07) is 19.9. The van der Waals surface area contributed by atoms with Gasteiger partial charge < -0.3 is 24.6 Å². The van der Waals surface area contributed by atoms with Gasteiger partial charge in [-0.05, 0) is 81.8 Å². The van der Waals surface area contributed by atoms with Crippen molar-refractivity contribution in [3.05, 3.63) is 116 Å². The Morgan fingerprint density at radius 2 is 1.59 bits per heavy atom. The summed E-state index contributed by atoms with van der Waals surface area (Å²) in [5, 5.41) is 20.4. The van der Waals surface area contributed by atoms with Crippen LogP contribution in [0.3, 0.4) is 0 Å². The number of aryl methyl sites for hydroxylation is 3. The summed E-state index contributed by atoms with van der Waals surface area (Å²) in [5.41, 5.74) is 8.62. The van der Waals surface area contributed by atoms with Crippen LogP contribution in [0.5, 0.6) is 5.75 Å². The third-order valence-electron chi connectivity index (χ3n) is 12.3. The lowest BCUT2D eigenvalue weighted by Gasteiger charge is -2.38. The molecule has 3 aliphatic rings. The number of H-pyrrole nitrogens is 1. The molecule has 3 aromatic heterocycles. The average molecular weight is 862 g/mol. The maximum Gasteiger partial charge on any atom is 0.337 e. The zero-order valence-corrected chi connectivity index (χ0v) is 37.1. The fourth-order valence-corrected chi connectivity index (χ4v) is 10.0. The fourth-order valence-electron chi connectivity index (χ4n) is 8.55. The number of aromatic carboxylic acids is 1. The minimum Gasteiger partial charge on any atom is -0.492 e. The van der Waals surface area contributed by atoms with Crippen molar-refractivity contribution in [1.82, 2.24) is 34.4 Å². The number of rotatable bonds is 9. The van der Waals surface area contributed by atoms with Crippen LogP contribution >= 0.6 is 22.9 Å². The lowest BCUT2D eigenvalue weighted by atomic mass is 9.96. The average Bonchev–Trinajstić information content (AvgIpc) is 3.89. The SMILES string of the molecule is CC(=O)N1CCC(CN2CCN(CCOc3ccc(-c4cc5c(C(=O)O)c[nH]c5cc4Cl)cc3)CC2)CC1.Cc1ccc(C2=NCc3nnc(C)n3-c3sc(C)c(C)c32)cc1. The molecule has 14 heteroatoms. The van der Waals surface area contributed by atoms with Gasteiger partial charge in [-0.1, -0.05) is 53.6 Å². The van der Waals surface area contributed by atoms with E-state index in [1.54, 1.807) is 24.3 Å². The highest BCUT2D eigenvalue weighted by atomic mass is 35.5. The number of thiophene rings is 1. The van der Waals surface area contributed by atoms with Crippen molar-refractivity contribution in [2.75, 3.05) is 59.0 Å². The fraction of sp³-hybridized carbons (Fsp3) is 0.383. The molecule has 3 aromatic carbocycles. The zero-order chi connectivity index (χ0) is 42.8. The number of hydrogen-bond donors (Lipinski definition) is 2. The van der Waals surface area contributed by atoms with Crippen molar-refractivity contribution >= 4 is 51.4 Å². The Labute approximate surface area is 365 Å². The minimum absolute atomic E-state index is 0.199. The molecule has 3 aliphatic heterocycles. The Kier molecular flexibility index (Phi) is 12.7. The first-order valence-corrected chi connectivity index (χ1v) is 22.2. The van der Waals surface area contributed by atoms with Gasteiger partial charge in [-0.25, -0.2) is 4.79 Å². The summed E-state index contributed by atoms with van der Waals surface area (Å²) in [6.45, 7) is 19.4. The Hall–Kier alpha value is -5.34. The van der Waals surface area contributed by atoms with Crippen molar-refractivity contribution in [2.45, 2.75) is 54.0 Å². The van der Waals surface area contributed by atoms with Gasteiger partial charge in [0, 0.05) is 97.9 Å². The molecule has 318 valence electrons. The van der Waals surface area contributed by atoms with E-state index in [-0.39, 0.29) is 11.5 Å². The van der Waals surface area contributed by atoms with Gasteiger partial charge in [0.25, 0.3) is 0 Å². The van der Waals surface area contributed by atoms with Gasteiger partial charge in [-0.15, -0.1) is 21.5 Å². The van der Waals surface area contributed by atoms with E-state index in [1.165, 1.54) is 32.8 Å². The molecule has 0 atom stereocenters. The molecule has 2 fully saturated rings. The Morgan fingerprint density at radius 3 is 2.28 bits per heavy atom. The molecular weight excluding hydrogens is 808 g/mol. The first kappa shape index (κ1) is 42.4. The monoisotopic (exact) mass is 860 g/mol. The molecule has 1 amide bonds. The number of carboxylic acid groups (broad SMARTS) is 1. The Balaban J connectivity index is 0.000000190. The number of halogens is 1. The number of aromatic amines is 1. The number of benzene rings is 3. The number of nitrogens with one attached hydrogen (secondary N) is 1. The maximum atomic E-state index is 11.5. The van der Waals surface area contributed by atoms with Gasteiger partial charge in [0.2, 0.25) is 5.91 Å². The molecule has 6 aromatic rings. The highest BCUT2D eigenvalue weighted by molar-refractivity contribution is 7.15. The largest absolute Gasteiger partial charge is 0.492 e. The van der Waals surface area contributed by atoms with Crippen molar-refractivity contribution in [3.8, 4) is 21.9 Å². The third-order valence-corrected chi connectivity index (χ3v) is 13.8. The second-order valence-corrected chi connectivity index (χ2v) is 18.0. The van der Waals surface area contributed by atoms with Crippen molar-refractivity contribution in [2.24, 2.45) is 10.9 Å². The number of amides is 1. The molecule has 12 nitrogen and oxygen atoms in total. The quantitative estimate of drug-likeness (QED) is 0.148. The number of piperidine rings is 1. The summed E-state index contributed by atoms with van der Waals surface area (Å²) in [7, 11) is 0. The molecule has 61 heavy (non-hydrogen) atoms. The van der Waals surface area contributed by atoms with Crippen LogP contribution < -0.4 is 4.74 Å². The molecular formula is C47H53ClN8O4S. The van der Waals surface area contributed by atoms with Crippen molar-refractivity contribution in [1.29, 1.82) is 0 Å². The summed E-state index contributed by atoms with van der Waals surface area (Å²) in [6.07, 6.45) is 3.72. The number of carbonyl (C=O) groups excluding carboxylic acids is 1. The molecule has 9 rings (SSSR count). The predicted octanol–water partition coefficient (Wildman–Crippen LogP) is 8.35. The first-order valence-electron chi connectivity index (χ1n) is 21.0. The van der Waals surface area contributed by atoms with Gasteiger partial charge >= 0.3 is 5.97 Å². The van der Waals surface area contributed by atoms with E-state index in [9.17, 15) is 14.7 Å². The minimum atomic E-state index is -0.971. The number of aliphatic imine (C=N–C) groups is 1. The van der Waals surface area contributed by atoms with E-state index in [1.807, 2.05) is 42.2 Å². The number of hydrogen-bond acceptors (Lipinski definition) is 9. The van der Waals surface area contributed by atoms with Gasteiger partial charge in [-0.2, -0.15) is 0 Å². The number of piperazine rings is 1. The summed E-state index contributed by atoms with van der Waals surface area (Å²) in [5.74, 6) is 2.55. The molecule has 0 radical (unpaired) electrons. The standard InChI is InChI=1S/C29H35ClN4O4.C18H18N4S/c1-20(35)34-8-6-21(7-9-34)19-33-12-10-32(11-13-33)14-15-38-23-4-2-22(3-5-23)24-16-25-26(29(36)37)18-31-28(25)17-27(24)30;1-10-5-7-14(8-6-10)17-16-11(2)12(3)23-18(16)22-13(4)20-21-15(22)9-19-17/h2-5,16-18,21,31H,6-15,19H2,1H3,(H,36,37);5-8H,9H2,1-4H3. The molecule has 0 bridgehead atoms. The molecule has 0 saturated carbocycles. The van der Waals surface area contributed by atoms with Crippen LogP contribution in [0.4, 0.5) is 0 Å². The number of likely N-dealkylation sites (tertiary alicyclic amines) is 1. The van der Waals surface area contributed by atoms with Crippen molar-refractivity contribution in [3.63, 3.8) is 0 Å². The molecule has 0 unspecified atom stereocenters. The number of carboxylic acids is 1. The number of ether oxygens (including phenoxy) is 1. The second kappa shape index (κ2) is 18.3. The number of aromatic nitrogens is 4. The number of carbonyl (C=O) groups is 2. The van der Waals surface area contributed by atoms with Crippen LogP contribution in [0.1, 0.15) is 68.9 Å². The van der Waals surface area contributed by atoms with Crippen LogP contribution in [-0.2, 0) is 11.3 Å². The summed E-state index contributed by atoms with van der Waals surface area (Å²) >= 11 is 8.29. The molecule has 2 saturated heterocycles. The summed E-state index contributed by atoms with van der Waals surface area (Å²) < 4.78 is 8.17. The van der Waals surface area contributed by atoms with Crippen LogP contribution in [0.25, 0.3) is 27.0 Å². The van der Waals surface area contributed by atoms with E-state index < -0.39 is 5.97 Å². The van der Waals surface area contributed by atoms with Gasteiger partial charge in [-0.3, -0.25) is 19.3 Å². The lowest BCUT2D eigenvalue weighted by Crippen LogP contribution is -2.49. The van der Waals surface area contributed by atoms with Gasteiger partial charge in [0.1, 0.15) is 29.7 Å². The van der Waals surface area contributed by atoms with Crippen LogP contribution in [-0.4, -0.2) is 116 Å². The summed E-state index contributed by atoms with van der Waals surface area (Å²) in [4.78, 5) is 39.2. The van der Waals surface area contributed by atoms with Gasteiger partial charge in [0.15, 0.2) is 5.82 Å². The smallest absolute Gasteiger partial charge is 0.337 e. The van der Waals surface area contributed by atoms with E-state index >= 15 is 0 Å². The van der Waals surface area contributed by atoms with E-state index in [2.05, 4.69) is 74.6 Å². The zero-order valence-electron chi connectivity index (χ0n) is 35.5. The second-order valence-electron chi connectivity index (χ2n) is 16.3. The highest BCUT2D eigenvalue weighted by Gasteiger charge is 2.27. The van der Waals surface area contributed by atoms with Crippen molar-refractivity contribution < 1.29 is 19.4 Å². The van der Waals surface area contributed by atoms with Crippen LogP contribution in [0, 0.1) is 33.6 Å². The molecule has 6 heterocycles. The van der Waals surface area contributed by atoms with Gasteiger partial charge in [0.05, 0.1) is 16.3 Å². The lowest BCUT2D eigenvalue weighted by molar-refractivity contribution is -0.130. The van der Waals surface area contributed by atoms with E-state index in [0.29, 0.717) is 35.0 Å². The first-order chi connectivity index (χ1) is 29.4. The van der Waals surface area contributed by atoms with E-state index in [4.69, 9.17) is 21.3 Å². The Bertz CT molecular complexity index is 2560. The van der Waals surface area contributed by atoms with Crippen LogP contribution in [0.15, 0.2) is 71.9 Å². The Morgan fingerprint density at radius 1 is 0.902 bits per heavy atom. The maximum absolute atomic E-state index is 11.5.